The van der Waals surface area contributed by atoms with Gasteiger partial charge in [-0.3, -0.25) is 14.9 Å². The molecule has 0 bridgehead atoms. The molecule has 7 nitrogen and oxygen atoms in total. The number of ether oxygens (including phenoxy) is 2. The fraction of sp³-hybridized carbons (Fsp3) is 0.273. The van der Waals surface area contributed by atoms with E-state index in [1.165, 1.54) is 13.2 Å². The normalized spacial score (nSPS) is 9.67. The molecular weight excluding hydrogens is 242 g/mol. The molecular formula is C11H11NO6. The Bertz CT molecular complexity index is 497. The lowest BCUT2D eigenvalue weighted by Crippen LogP contribution is -2.11. The minimum atomic E-state index is -0.833. The summed E-state index contributed by atoms with van der Waals surface area (Å²) in [4.78, 5) is 32.7. The first-order valence-corrected chi connectivity index (χ1v) is 5.04. The van der Waals surface area contributed by atoms with Crippen LogP contribution in [0.25, 0.3) is 0 Å². The average Bonchev–Trinajstić information content (AvgIpc) is 2.36. The van der Waals surface area contributed by atoms with E-state index < -0.39 is 16.6 Å². The molecule has 1 aromatic carbocycles. The SMILES string of the molecule is CCOC(=O)c1c(OC)ccc([N+](=O)[O-])c1C=O. The number of carbonyl (C=O) groups is 2. The number of esters is 1. The third-order valence-electron chi connectivity index (χ3n) is 2.20. The zero-order valence-electron chi connectivity index (χ0n) is 9.84. The number of nitrogens with zero attached hydrogens (tertiary/aromatic N) is 1. The van der Waals surface area contributed by atoms with Gasteiger partial charge in [0.1, 0.15) is 16.9 Å². The molecule has 0 aromatic heterocycles. The number of nitro groups is 1. The molecule has 0 amide bonds. The van der Waals surface area contributed by atoms with Gasteiger partial charge < -0.3 is 9.47 Å². The molecule has 1 aromatic rings. The number of hydrogen-bond donors (Lipinski definition) is 0. The van der Waals surface area contributed by atoms with Crippen LogP contribution in [0.1, 0.15) is 27.6 Å². The summed E-state index contributed by atoms with van der Waals surface area (Å²) in [7, 11) is 1.29. The fourth-order valence-corrected chi connectivity index (χ4v) is 1.45. The van der Waals surface area contributed by atoms with Crippen LogP contribution in [-0.4, -0.2) is 30.9 Å². The topological polar surface area (TPSA) is 95.7 Å². The second-order valence-corrected chi connectivity index (χ2v) is 3.17. The lowest BCUT2D eigenvalue weighted by Gasteiger charge is -2.09. The van der Waals surface area contributed by atoms with E-state index in [0.29, 0.717) is 0 Å². The highest BCUT2D eigenvalue weighted by Gasteiger charge is 2.26. The van der Waals surface area contributed by atoms with Crippen molar-refractivity contribution < 1.29 is 24.0 Å². The Kier molecular flexibility index (Phi) is 4.36. The zero-order valence-corrected chi connectivity index (χ0v) is 9.84. The molecule has 0 radical (unpaired) electrons. The van der Waals surface area contributed by atoms with Crippen LogP contribution in [-0.2, 0) is 4.74 Å². The van der Waals surface area contributed by atoms with Crippen LogP contribution in [0.2, 0.25) is 0 Å². The molecule has 0 saturated heterocycles. The van der Waals surface area contributed by atoms with Gasteiger partial charge in [-0.2, -0.15) is 0 Å². The highest BCUT2D eigenvalue weighted by molar-refractivity contribution is 6.03. The number of benzene rings is 1. The molecule has 0 fully saturated rings. The number of nitro benzene ring substituents is 1. The lowest BCUT2D eigenvalue weighted by molar-refractivity contribution is -0.385. The van der Waals surface area contributed by atoms with Crippen molar-refractivity contribution in [1.29, 1.82) is 0 Å². The van der Waals surface area contributed by atoms with Crippen molar-refractivity contribution in [1.82, 2.24) is 0 Å². The largest absolute Gasteiger partial charge is 0.496 e. The maximum absolute atomic E-state index is 11.7. The van der Waals surface area contributed by atoms with Gasteiger partial charge in [0, 0.05) is 6.07 Å². The molecule has 0 heterocycles. The molecule has 0 aliphatic rings. The van der Waals surface area contributed by atoms with Crippen LogP contribution in [0.3, 0.4) is 0 Å². The van der Waals surface area contributed by atoms with Crippen LogP contribution in [0, 0.1) is 10.1 Å². The highest BCUT2D eigenvalue weighted by Crippen LogP contribution is 2.29. The Morgan fingerprint density at radius 3 is 2.61 bits per heavy atom. The van der Waals surface area contributed by atoms with Crippen LogP contribution < -0.4 is 4.74 Å². The summed E-state index contributed by atoms with van der Waals surface area (Å²) in [6.45, 7) is 1.67. The third-order valence-corrected chi connectivity index (χ3v) is 2.20. The van der Waals surface area contributed by atoms with E-state index in [1.807, 2.05) is 0 Å². The Balaban J connectivity index is 3.51. The first-order chi connectivity index (χ1) is 8.56. The first kappa shape index (κ1) is 13.6. The number of aldehydes is 1. The second kappa shape index (κ2) is 5.76. The van der Waals surface area contributed by atoms with Crippen LogP contribution >= 0.6 is 0 Å². The first-order valence-electron chi connectivity index (χ1n) is 5.04. The molecule has 96 valence electrons. The van der Waals surface area contributed by atoms with Crippen molar-refractivity contribution in [3.63, 3.8) is 0 Å². The maximum atomic E-state index is 11.7. The molecule has 0 N–H and O–H groups in total. The van der Waals surface area contributed by atoms with E-state index in [1.54, 1.807) is 6.92 Å². The number of hydrogen-bond acceptors (Lipinski definition) is 6. The Morgan fingerprint density at radius 1 is 1.50 bits per heavy atom. The van der Waals surface area contributed by atoms with E-state index in [-0.39, 0.29) is 29.8 Å². The second-order valence-electron chi connectivity index (χ2n) is 3.17. The predicted octanol–water partition coefficient (Wildman–Crippen LogP) is 1.59. The van der Waals surface area contributed by atoms with Crippen molar-refractivity contribution in [2.24, 2.45) is 0 Å². The van der Waals surface area contributed by atoms with E-state index in [2.05, 4.69) is 0 Å². The van der Waals surface area contributed by atoms with Crippen LogP contribution in [0.5, 0.6) is 5.75 Å². The van der Waals surface area contributed by atoms with Crippen molar-refractivity contribution >= 4 is 17.9 Å². The average molecular weight is 253 g/mol. The monoisotopic (exact) mass is 253 g/mol. The summed E-state index contributed by atoms with van der Waals surface area (Å²) in [5, 5.41) is 10.8. The van der Waals surface area contributed by atoms with Gasteiger partial charge in [0.05, 0.1) is 18.6 Å². The van der Waals surface area contributed by atoms with E-state index >= 15 is 0 Å². The molecule has 0 atom stereocenters. The van der Waals surface area contributed by atoms with Gasteiger partial charge in [0.2, 0.25) is 0 Å². The molecule has 18 heavy (non-hydrogen) atoms. The summed E-state index contributed by atoms with van der Waals surface area (Å²) in [5.74, 6) is -0.777. The number of carbonyl (C=O) groups excluding carboxylic acids is 2. The van der Waals surface area contributed by atoms with Crippen LogP contribution in [0.15, 0.2) is 12.1 Å². The summed E-state index contributed by atoms with van der Waals surface area (Å²) in [6, 6.07) is 2.35. The minimum Gasteiger partial charge on any atom is -0.496 e. The molecule has 0 unspecified atom stereocenters. The van der Waals surface area contributed by atoms with Crippen molar-refractivity contribution in [2.45, 2.75) is 6.92 Å². The van der Waals surface area contributed by atoms with Gasteiger partial charge in [-0.05, 0) is 13.0 Å². The molecule has 7 heteroatoms. The van der Waals surface area contributed by atoms with Gasteiger partial charge in [-0.15, -0.1) is 0 Å². The van der Waals surface area contributed by atoms with E-state index in [9.17, 15) is 19.7 Å². The van der Waals surface area contributed by atoms with Crippen LogP contribution in [0.4, 0.5) is 5.69 Å². The van der Waals surface area contributed by atoms with Gasteiger partial charge in [-0.25, -0.2) is 4.79 Å². The molecule has 0 spiro atoms. The Morgan fingerprint density at radius 2 is 2.17 bits per heavy atom. The van der Waals surface area contributed by atoms with E-state index in [4.69, 9.17) is 9.47 Å². The summed E-state index contributed by atoms with van der Waals surface area (Å²) in [6.07, 6.45) is 0.243. The highest BCUT2D eigenvalue weighted by atomic mass is 16.6. The molecule has 1 rings (SSSR count). The maximum Gasteiger partial charge on any atom is 0.342 e. The Labute approximate surface area is 102 Å². The molecule has 0 aliphatic carbocycles. The standard InChI is InChI=1S/C11H11NO6/c1-3-18-11(14)10-7(6-13)8(12(15)16)4-5-9(10)17-2/h4-6H,3H2,1-2H3. The van der Waals surface area contributed by atoms with Crippen molar-refractivity contribution in [3.8, 4) is 5.75 Å². The van der Waals surface area contributed by atoms with Gasteiger partial charge in [0.25, 0.3) is 5.69 Å². The van der Waals surface area contributed by atoms with Crippen molar-refractivity contribution in [3.05, 3.63) is 33.4 Å². The summed E-state index contributed by atoms with van der Waals surface area (Å²) >= 11 is 0. The zero-order chi connectivity index (χ0) is 13.7. The predicted molar refractivity (Wildman–Crippen MR) is 61.0 cm³/mol. The fourth-order valence-electron chi connectivity index (χ4n) is 1.45. The van der Waals surface area contributed by atoms with Gasteiger partial charge >= 0.3 is 5.97 Å². The van der Waals surface area contributed by atoms with Gasteiger partial charge in [-0.1, -0.05) is 0 Å². The lowest BCUT2D eigenvalue weighted by atomic mass is 10.1. The number of methoxy groups -OCH3 is 1. The minimum absolute atomic E-state index is 0.0566. The van der Waals surface area contributed by atoms with Crippen molar-refractivity contribution in [2.75, 3.05) is 13.7 Å². The summed E-state index contributed by atoms with van der Waals surface area (Å²) < 4.78 is 9.65. The Hall–Kier alpha value is -2.44. The number of rotatable bonds is 5. The third kappa shape index (κ3) is 2.45. The van der Waals surface area contributed by atoms with E-state index in [0.717, 1.165) is 6.07 Å². The molecule has 0 aliphatic heterocycles. The quantitative estimate of drug-likeness (QED) is 0.342. The summed E-state index contributed by atoms with van der Waals surface area (Å²) in [5.41, 5.74) is -1.05. The van der Waals surface area contributed by atoms with Gasteiger partial charge in [0.15, 0.2) is 6.29 Å². The molecule has 0 saturated carbocycles. The smallest absolute Gasteiger partial charge is 0.342 e.